The highest BCUT2D eigenvalue weighted by Gasteiger charge is 2.34. The van der Waals surface area contributed by atoms with Crippen LogP contribution in [0.25, 0.3) is 0 Å². The minimum absolute atomic E-state index is 0.137. The Hall–Kier alpha value is -1.57. The molecule has 1 unspecified atom stereocenters. The lowest BCUT2D eigenvalue weighted by Crippen LogP contribution is -2.41. The van der Waals surface area contributed by atoms with Crippen LogP contribution < -0.4 is 0 Å². The summed E-state index contributed by atoms with van der Waals surface area (Å²) in [7, 11) is 0. The van der Waals surface area contributed by atoms with E-state index >= 15 is 0 Å². The standard InChI is InChI=1S/C18H23NO/c1-13-12-19(14(2)15-8-4-3-5-9-15)17-11-7-6-10-16(17)18(13)20/h3-5,8-9,13-14H,6-7,10-12H2,1-2H3/t13-,14?/m1/s1. The summed E-state index contributed by atoms with van der Waals surface area (Å²) in [4.78, 5) is 14.9. The van der Waals surface area contributed by atoms with Gasteiger partial charge in [-0.05, 0) is 38.2 Å². The Morgan fingerprint density at radius 2 is 1.85 bits per heavy atom. The highest BCUT2D eigenvalue weighted by molar-refractivity contribution is 5.98. The largest absolute Gasteiger partial charge is 0.367 e. The molecule has 2 nitrogen and oxygen atoms in total. The molecule has 2 heteroatoms. The zero-order chi connectivity index (χ0) is 14.1. The van der Waals surface area contributed by atoms with Crippen molar-refractivity contribution in [3.8, 4) is 0 Å². The quantitative estimate of drug-likeness (QED) is 0.805. The van der Waals surface area contributed by atoms with Crippen molar-refractivity contribution in [1.29, 1.82) is 0 Å². The molecule has 1 aliphatic heterocycles. The van der Waals surface area contributed by atoms with Gasteiger partial charge in [-0.15, -0.1) is 0 Å². The average Bonchev–Trinajstić information content (AvgIpc) is 2.51. The first-order chi connectivity index (χ1) is 9.68. The normalized spacial score (nSPS) is 24.6. The van der Waals surface area contributed by atoms with Crippen LogP contribution in [0.2, 0.25) is 0 Å². The highest BCUT2D eigenvalue weighted by Crippen LogP contribution is 2.38. The van der Waals surface area contributed by atoms with E-state index in [4.69, 9.17) is 0 Å². The summed E-state index contributed by atoms with van der Waals surface area (Å²) in [6.45, 7) is 5.20. The van der Waals surface area contributed by atoms with E-state index < -0.39 is 0 Å². The molecule has 0 fully saturated rings. The number of allylic oxidation sites excluding steroid dienone is 2. The van der Waals surface area contributed by atoms with Crippen molar-refractivity contribution in [1.82, 2.24) is 4.90 Å². The zero-order valence-electron chi connectivity index (χ0n) is 12.4. The lowest BCUT2D eigenvalue weighted by molar-refractivity contribution is -0.120. The third-order valence-electron chi connectivity index (χ3n) is 4.75. The van der Waals surface area contributed by atoms with Crippen molar-refractivity contribution >= 4 is 5.78 Å². The number of carbonyl (C=O) groups is 1. The maximum absolute atomic E-state index is 12.4. The molecule has 0 N–H and O–H groups in total. The number of hydrogen-bond acceptors (Lipinski definition) is 2. The molecule has 0 saturated carbocycles. The molecule has 1 aliphatic carbocycles. The van der Waals surface area contributed by atoms with E-state index in [1.165, 1.54) is 24.1 Å². The van der Waals surface area contributed by atoms with Crippen LogP contribution in [-0.2, 0) is 4.79 Å². The fourth-order valence-electron chi connectivity index (χ4n) is 3.56. The van der Waals surface area contributed by atoms with E-state index in [1.54, 1.807) is 0 Å². The fraction of sp³-hybridized carbons (Fsp3) is 0.500. The van der Waals surface area contributed by atoms with Crippen LogP contribution in [0.4, 0.5) is 0 Å². The maximum atomic E-state index is 12.4. The number of carbonyl (C=O) groups excluding carboxylic acids is 1. The van der Waals surface area contributed by atoms with Crippen molar-refractivity contribution in [3.63, 3.8) is 0 Å². The van der Waals surface area contributed by atoms with Crippen molar-refractivity contribution in [2.45, 2.75) is 45.6 Å². The molecule has 0 amide bonds. The number of benzene rings is 1. The lowest BCUT2D eigenvalue weighted by Gasteiger charge is -2.42. The summed E-state index contributed by atoms with van der Waals surface area (Å²) < 4.78 is 0. The lowest BCUT2D eigenvalue weighted by atomic mass is 9.83. The summed E-state index contributed by atoms with van der Waals surface area (Å²) in [6.07, 6.45) is 4.45. The minimum atomic E-state index is 0.137. The van der Waals surface area contributed by atoms with E-state index in [0.29, 0.717) is 11.8 Å². The van der Waals surface area contributed by atoms with Crippen molar-refractivity contribution < 1.29 is 4.79 Å². The fourth-order valence-corrected chi connectivity index (χ4v) is 3.56. The SMILES string of the molecule is CC(c1ccccc1)N1C[C@@H](C)C(=O)C2=C1CCCC2. The molecule has 0 saturated heterocycles. The van der Waals surface area contributed by atoms with Crippen molar-refractivity contribution in [3.05, 3.63) is 47.2 Å². The molecule has 20 heavy (non-hydrogen) atoms. The van der Waals surface area contributed by atoms with Gasteiger partial charge in [-0.3, -0.25) is 4.79 Å². The van der Waals surface area contributed by atoms with Gasteiger partial charge in [-0.2, -0.15) is 0 Å². The van der Waals surface area contributed by atoms with Gasteiger partial charge in [0.15, 0.2) is 5.78 Å². The molecule has 0 spiro atoms. The topological polar surface area (TPSA) is 20.3 Å². The van der Waals surface area contributed by atoms with Crippen molar-refractivity contribution in [2.75, 3.05) is 6.54 Å². The van der Waals surface area contributed by atoms with Crippen LogP contribution in [-0.4, -0.2) is 17.2 Å². The molecule has 0 radical (unpaired) electrons. The number of Topliss-reactive ketones (excluding diaryl/α,β-unsaturated/α-hetero) is 1. The number of nitrogens with zero attached hydrogens (tertiary/aromatic N) is 1. The smallest absolute Gasteiger partial charge is 0.165 e. The molecule has 0 bridgehead atoms. The monoisotopic (exact) mass is 269 g/mol. The van der Waals surface area contributed by atoms with Gasteiger partial charge in [0.05, 0.1) is 6.04 Å². The summed E-state index contributed by atoms with van der Waals surface area (Å²) in [5.41, 5.74) is 3.79. The second-order valence-electron chi connectivity index (χ2n) is 6.14. The molecular formula is C18H23NO. The van der Waals surface area contributed by atoms with Gasteiger partial charge in [0.25, 0.3) is 0 Å². The summed E-state index contributed by atoms with van der Waals surface area (Å²) >= 11 is 0. The molecule has 3 rings (SSSR count). The second kappa shape index (κ2) is 5.43. The van der Waals surface area contributed by atoms with Gasteiger partial charge >= 0.3 is 0 Å². The van der Waals surface area contributed by atoms with Gasteiger partial charge in [-0.25, -0.2) is 0 Å². The molecule has 0 aromatic heterocycles. The van der Waals surface area contributed by atoms with Crippen LogP contribution in [0.5, 0.6) is 0 Å². The Morgan fingerprint density at radius 3 is 2.60 bits per heavy atom. The highest BCUT2D eigenvalue weighted by atomic mass is 16.1. The Balaban J connectivity index is 1.96. The summed E-state index contributed by atoms with van der Waals surface area (Å²) in [5, 5.41) is 0. The molecular weight excluding hydrogens is 246 g/mol. The second-order valence-corrected chi connectivity index (χ2v) is 6.14. The molecule has 1 aromatic carbocycles. The van der Waals surface area contributed by atoms with Gasteiger partial charge in [-0.1, -0.05) is 37.3 Å². The summed E-state index contributed by atoms with van der Waals surface area (Å²) in [6, 6.07) is 11.0. The van der Waals surface area contributed by atoms with Crippen LogP contribution in [0.1, 0.15) is 51.1 Å². The summed E-state index contributed by atoms with van der Waals surface area (Å²) in [5.74, 6) is 0.536. The molecule has 2 aliphatic rings. The predicted octanol–water partition coefficient (Wildman–Crippen LogP) is 4.10. The van der Waals surface area contributed by atoms with E-state index in [-0.39, 0.29) is 5.92 Å². The van der Waals surface area contributed by atoms with Gasteiger partial charge in [0.1, 0.15) is 0 Å². The van der Waals surface area contributed by atoms with Crippen LogP contribution in [0.3, 0.4) is 0 Å². The van der Waals surface area contributed by atoms with Gasteiger partial charge in [0.2, 0.25) is 0 Å². The van der Waals surface area contributed by atoms with E-state index in [0.717, 1.165) is 25.0 Å². The van der Waals surface area contributed by atoms with Crippen LogP contribution in [0.15, 0.2) is 41.6 Å². The zero-order valence-corrected chi connectivity index (χ0v) is 12.4. The first-order valence-electron chi connectivity index (χ1n) is 7.76. The van der Waals surface area contributed by atoms with Crippen LogP contribution >= 0.6 is 0 Å². The number of rotatable bonds is 2. The van der Waals surface area contributed by atoms with E-state index in [9.17, 15) is 4.79 Å². The third-order valence-corrected chi connectivity index (χ3v) is 4.75. The first-order valence-corrected chi connectivity index (χ1v) is 7.76. The number of ketones is 1. The Morgan fingerprint density at radius 1 is 1.15 bits per heavy atom. The van der Waals surface area contributed by atoms with Gasteiger partial charge in [0, 0.05) is 23.7 Å². The first kappa shape index (κ1) is 13.4. The number of hydrogen-bond donors (Lipinski definition) is 0. The van der Waals surface area contributed by atoms with Crippen molar-refractivity contribution in [2.24, 2.45) is 5.92 Å². The predicted molar refractivity (Wildman–Crippen MR) is 81.2 cm³/mol. The Labute approximate surface area is 121 Å². The van der Waals surface area contributed by atoms with E-state index in [2.05, 4.69) is 49.1 Å². The average molecular weight is 269 g/mol. The molecule has 1 aromatic rings. The van der Waals surface area contributed by atoms with Crippen LogP contribution in [0, 0.1) is 5.92 Å². The Kier molecular flexibility index (Phi) is 3.64. The molecule has 2 atom stereocenters. The van der Waals surface area contributed by atoms with E-state index in [1.807, 2.05) is 0 Å². The maximum Gasteiger partial charge on any atom is 0.165 e. The van der Waals surface area contributed by atoms with Gasteiger partial charge < -0.3 is 4.90 Å². The third kappa shape index (κ3) is 2.28. The Bertz CT molecular complexity index is 532. The minimum Gasteiger partial charge on any atom is -0.367 e. The molecule has 106 valence electrons. The molecule has 1 heterocycles.